The van der Waals surface area contributed by atoms with Crippen LogP contribution in [0, 0.1) is 32.3 Å². The topological polar surface area (TPSA) is 106 Å². The molecule has 2 fully saturated rings. The number of aryl methyl sites for hydroxylation is 2. The number of pyridine rings is 2. The summed E-state index contributed by atoms with van der Waals surface area (Å²) in [6, 6.07) is 9.05. The maximum atomic E-state index is 13.4. The van der Waals surface area contributed by atoms with Gasteiger partial charge in [-0.1, -0.05) is 24.3 Å². The molecule has 5 rings (SSSR count). The average molecular weight is 913 g/mol. The molecule has 2 amide bonds. The van der Waals surface area contributed by atoms with E-state index in [-0.39, 0.29) is 5.91 Å². The third-order valence-electron chi connectivity index (χ3n) is 8.35. The number of hydrogen-bond donors (Lipinski definition) is 1. The minimum absolute atomic E-state index is 0. The number of ether oxygens (including phenoxy) is 3. The molecule has 1 saturated carbocycles. The van der Waals surface area contributed by atoms with E-state index < -0.39 is 17.7 Å². The fourth-order valence-electron chi connectivity index (χ4n) is 5.55. The summed E-state index contributed by atoms with van der Waals surface area (Å²) in [5, 5.41) is 2.91. The largest absolute Gasteiger partial charge is 0.546 e. The van der Waals surface area contributed by atoms with Crippen molar-refractivity contribution in [2.45, 2.75) is 65.0 Å². The molecule has 1 atom stereocenters. The molecular formula is C38H44LrN5O5-. The molecule has 3 heterocycles. The Morgan fingerprint density at radius 3 is 2.47 bits per heavy atom. The Morgan fingerprint density at radius 2 is 1.88 bits per heavy atom. The van der Waals surface area contributed by atoms with Crippen LogP contribution in [0.1, 0.15) is 77.8 Å². The number of amides is 2. The molecule has 0 unspecified atom stereocenters. The zero-order chi connectivity index (χ0) is 34.6. The second-order valence-electron chi connectivity index (χ2n) is 13.3. The summed E-state index contributed by atoms with van der Waals surface area (Å²) >= 11 is 0. The summed E-state index contributed by atoms with van der Waals surface area (Å²) < 4.78 is 17.5. The molecule has 49 heavy (non-hydrogen) atoms. The van der Waals surface area contributed by atoms with Crippen LogP contribution in [-0.2, 0) is 4.74 Å². The summed E-state index contributed by atoms with van der Waals surface area (Å²) in [4.78, 5) is 39.2. The van der Waals surface area contributed by atoms with Gasteiger partial charge in [0.05, 0.1) is 13.3 Å². The first-order valence-electron chi connectivity index (χ1n) is 16.2. The number of anilines is 1. The van der Waals surface area contributed by atoms with Gasteiger partial charge in [0.2, 0.25) is 0 Å². The van der Waals surface area contributed by atoms with Crippen LogP contribution in [0.4, 0.5) is 10.6 Å². The van der Waals surface area contributed by atoms with E-state index in [9.17, 15) is 9.59 Å². The van der Waals surface area contributed by atoms with Crippen molar-refractivity contribution in [1.82, 2.24) is 19.8 Å². The van der Waals surface area contributed by atoms with Crippen LogP contribution in [-0.4, -0.2) is 76.7 Å². The van der Waals surface area contributed by atoms with Crippen LogP contribution in [0.2, 0.25) is 0 Å². The van der Waals surface area contributed by atoms with Crippen molar-refractivity contribution in [3.05, 3.63) is 88.9 Å². The van der Waals surface area contributed by atoms with Gasteiger partial charge < -0.3 is 24.4 Å². The molecule has 0 spiro atoms. The Balaban J connectivity index is 0.00000541. The first kappa shape index (κ1) is 35.8. The van der Waals surface area contributed by atoms with Gasteiger partial charge in [0, 0.05) is 37.0 Å². The molecular weight excluding hydrogens is 868 g/mol. The molecule has 2 aromatic heterocycles. The minimum Gasteiger partial charge on any atom is -0.546 e. The molecule has 10 nitrogen and oxygen atoms in total. The quantitative estimate of drug-likeness (QED) is 0.185. The van der Waals surface area contributed by atoms with Gasteiger partial charge in [0.25, 0.3) is 5.91 Å². The number of aromatic nitrogens is 2. The monoisotopic (exact) mass is 912 g/mol. The van der Waals surface area contributed by atoms with E-state index >= 15 is 0 Å². The first-order valence-corrected chi connectivity index (χ1v) is 16.2. The number of terminal acetylenes is 1. The van der Waals surface area contributed by atoms with Crippen molar-refractivity contribution >= 4 is 23.9 Å². The Bertz CT molecular complexity index is 1710. The zero-order valence-corrected chi connectivity index (χ0v) is 31.0. The number of carbonyl (C=O) groups excluding carboxylic acids is 2. The summed E-state index contributed by atoms with van der Waals surface area (Å²) in [6.07, 6.45) is 13.6. The van der Waals surface area contributed by atoms with E-state index in [4.69, 9.17) is 25.6 Å². The van der Waals surface area contributed by atoms with Crippen LogP contribution in [0.25, 0.3) is 6.08 Å². The number of nitrogens with one attached hydrogen (secondary N) is 1. The van der Waals surface area contributed by atoms with Crippen molar-refractivity contribution in [2.75, 3.05) is 38.6 Å². The molecule has 2 aliphatic rings. The first-order chi connectivity index (χ1) is 22.9. The van der Waals surface area contributed by atoms with Gasteiger partial charge in [-0.25, -0.2) is 9.78 Å². The maximum absolute atomic E-state index is 13.4. The summed E-state index contributed by atoms with van der Waals surface area (Å²) in [5.41, 5.74) is 3.91. The fraction of sp³-hybridized carbons (Fsp3) is 0.395. The molecule has 1 aromatic carbocycles. The molecule has 3 aromatic rings. The van der Waals surface area contributed by atoms with E-state index in [1.165, 1.54) is 18.4 Å². The Hall–Kier alpha value is -6.01. The molecule has 1 N–H and O–H groups in total. The molecule has 11 heteroatoms. The zero-order valence-electron chi connectivity index (χ0n) is 28.9. The van der Waals surface area contributed by atoms with E-state index in [0.29, 0.717) is 77.9 Å². The smallest absolute Gasteiger partial charge is 0.411 e. The molecule has 1 radical (unpaired) electrons. The van der Waals surface area contributed by atoms with E-state index in [0.717, 1.165) is 5.56 Å². The second kappa shape index (κ2) is 14.8. The number of nitrogens with zero attached hydrogens (tertiary/aromatic N) is 4. The van der Waals surface area contributed by atoms with E-state index in [1.807, 2.05) is 59.0 Å². The van der Waals surface area contributed by atoms with Crippen LogP contribution in [0.3, 0.4) is 0 Å². The maximum Gasteiger partial charge on any atom is 0.411 e. The Morgan fingerprint density at radius 1 is 1.12 bits per heavy atom. The van der Waals surface area contributed by atoms with Gasteiger partial charge in [0.15, 0.2) is 0 Å². The van der Waals surface area contributed by atoms with Gasteiger partial charge in [0.1, 0.15) is 29.0 Å². The van der Waals surface area contributed by atoms with Crippen molar-refractivity contribution in [1.29, 1.82) is 0 Å². The average Bonchev–Trinajstić information content (AvgIpc) is 3.90. The number of piperazine rings is 1. The van der Waals surface area contributed by atoms with Crippen LogP contribution >= 0.6 is 0 Å². The normalized spacial score (nSPS) is 16.1. The summed E-state index contributed by atoms with van der Waals surface area (Å²) in [5.74, 6) is 4.64. The third-order valence-corrected chi connectivity index (χ3v) is 8.35. The molecule has 1 aliphatic heterocycles. The standard InChI is InChI=1S/C38H44N5O5.Lr/c1-9-26-19-31(36(44)41-35-25(4)17-30(46-8)21-40-35)24(3)18-33(26)47-34(32-14-13-28(20-39-32)27-11-12-27)23-42-15-16-43(29(10-2)22-42)37(45)48-38(5,6)7;/h2,9,13-14,17-21,27,29H,1,11-12,15-16,22-23H2,3-8H3,(H,40,41,44);/q-1;/t29-;/m1./s1. The number of methoxy groups -OCH3 is 1. The molecule has 267 valence electrons. The van der Waals surface area contributed by atoms with Gasteiger partial charge in [-0.05, 0) is 101 Å². The predicted molar refractivity (Wildman–Crippen MR) is 186 cm³/mol. The number of hydrogen-bond acceptors (Lipinski definition) is 8. The number of rotatable bonds is 10. The molecule has 0 bridgehead atoms. The van der Waals surface area contributed by atoms with Crippen LogP contribution < -0.4 is 14.8 Å². The van der Waals surface area contributed by atoms with Crippen molar-refractivity contribution in [2.24, 2.45) is 0 Å². The Labute approximate surface area is 283 Å². The number of carbonyl (C=O) groups is 2. The minimum atomic E-state index is -0.622. The predicted octanol–water partition coefficient (Wildman–Crippen LogP) is 6.39. The molecule has 1 aliphatic carbocycles. The van der Waals surface area contributed by atoms with Gasteiger partial charge in [-0.3, -0.25) is 14.7 Å². The fourth-order valence-corrected chi connectivity index (χ4v) is 5.55. The molecule has 1 saturated heterocycles. The SMILES string of the molecule is C#C[C@@H]1CN(C[C-](Oc2cc(C)c(C(=O)Nc3ncc(OC)cc3C)cc2C=C)c2ccc(C3CC3)cn2)CCN1C(=O)OC(C)(C)C.[Lr]. The van der Waals surface area contributed by atoms with E-state index in [1.54, 1.807) is 30.3 Å². The van der Waals surface area contributed by atoms with Gasteiger partial charge in [-0.15, -0.1) is 12.5 Å². The van der Waals surface area contributed by atoms with Crippen molar-refractivity contribution in [3.8, 4) is 23.8 Å². The summed E-state index contributed by atoms with van der Waals surface area (Å²) in [6.45, 7) is 15.0. The third kappa shape index (κ3) is 8.67. The van der Waals surface area contributed by atoms with Crippen molar-refractivity contribution < 1.29 is 23.8 Å². The number of benzene rings is 1. The van der Waals surface area contributed by atoms with Gasteiger partial charge >= 0.3 is 6.09 Å². The Kier molecular flexibility index (Phi) is 10.8. The van der Waals surface area contributed by atoms with Crippen LogP contribution in [0.15, 0.2) is 49.3 Å². The van der Waals surface area contributed by atoms with E-state index in [2.05, 4.69) is 33.8 Å². The van der Waals surface area contributed by atoms with Crippen molar-refractivity contribution in [3.63, 3.8) is 0 Å². The van der Waals surface area contributed by atoms with Gasteiger partial charge in [-0.2, -0.15) is 6.07 Å². The summed E-state index contributed by atoms with van der Waals surface area (Å²) in [7, 11) is 1.57. The second-order valence-corrected chi connectivity index (χ2v) is 13.3. The van der Waals surface area contributed by atoms with Crippen LogP contribution in [0.5, 0.6) is 11.5 Å².